The molecule has 0 aliphatic carbocycles. The van der Waals surface area contributed by atoms with Gasteiger partial charge in [0.15, 0.2) is 17.2 Å². The third kappa shape index (κ3) is 12.3. The predicted octanol–water partition coefficient (Wildman–Crippen LogP) is 4.80. The van der Waals surface area contributed by atoms with Gasteiger partial charge in [-0.1, -0.05) is 12.6 Å². The first kappa shape index (κ1) is 41.7. The van der Waals surface area contributed by atoms with E-state index in [0.29, 0.717) is 29.3 Å². The minimum atomic E-state index is -0.593. The Hall–Kier alpha value is -5.35. The van der Waals surface area contributed by atoms with Crippen LogP contribution in [0.3, 0.4) is 0 Å². The molecular weight excluding hydrogens is 628 g/mol. The van der Waals surface area contributed by atoms with E-state index in [9.17, 15) is 14.4 Å². The number of carbonyl (C=O) groups excluding carboxylic acids is 3. The van der Waals surface area contributed by atoms with Gasteiger partial charge in [-0.05, 0) is 62.3 Å². The van der Waals surface area contributed by atoms with Crippen LogP contribution in [0.5, 0.6) is 0 Å². The van der Waals surface area contributed by atoms with Gasteiger partial charge in [0.2, 0.25) is 11.8 Å². The van der Waals surface area contributed by atoms with E-state index in [0.717, 1.165) is 11.2 Å². The van der Waals surface area contributed by atoms with E-state index in [1.807, 2.05) is 71.4 Å². The normalized spacial score (nSPS) is 10.5. The Morgan fingerprint density at radius 3 is 1.73 bits per heavy atom. The maximum absolute atomic E-state index is 10.8. The maximum atomic E-state index is 10.8. The molecule has 17 nitrogen and oxygen atoms in total. The number of nitrogens with two attached hydrogens (primary N) is 1. The lowest BCUT2D eigenvalue weighted by molar-refractivity contribution is 0.0986. The number of hydrogen-bond acceptors (Lipinski definition) is 12. The molecule has 5 heterocycles. The quantitative estimate of drug-likeness (QED) is 0.220. The molecule has 0 saturated heterocycles. The Labute approximate surface area is 287 Å². The van der Waals surface area contributed by atoms with Crippen molar-refractivity contribution in [1.29, 1.82) is 0 Å². The number of fused-ring (bicyclic) bond motifs is 1. The highest BCUT2D eigenvalue weighted by Crippen LogP contribution is 2.16. The molecule has 1 amide bonds. The Kier molecular flexibility index (Phi) is 16.0. The summed E-state index contributed by atoms with van der Waals surface area (Å²) in [5, 5.41) is 15.4. The van der Waals surface area contributed by atoms with Gasteiger partial charge in [-0.25, -0.2) is 24.3 Å². The lowest BCUT2D eigenvalue weighted by atomic mass is 10.3. The largest absolute Gasteiger partial charge is 0.363 e. The van der Waals surface area contributed by atoms with Crippen molar-refractivity contribution in [1.82, 2.24) is 59.1 Å². The van der Waals surface area contributed by atoms with E-state index in [1.165, 1.54) is 13.3 Å². The van der Waals surface area contributed by atoms with Crippen LogP contribution in [0.25, 0.3) is 11.2 Å². The summed E-state index contributed by atoms with van der Waals surface area (Å²) in [7, 11) is 3.86. The average Bonchev–Trinajstić information content (AvgIpc) is 3.83. The van der Waals surface area contributed by atoms with Crippen LogP contribution in [-0.4, -0.2) is 90.6 Å². The van der Waals surface area contributed by atoms with Crippen molar-refractivity contribution in [2.45, 2.75) is 101 Å². The highest BCUT2D eigenvalue weighted by atomic mass is 16.1. The smallest absolute Gasteiger partial charge is 0.288 e. The number of imidazole rings is 1. The Morgan fingerprint density at radius 2 is 1.37 bits per heavy atom. The van der Waals surface area contributed by atoms with E-state index in [-0.39, 0.29) is 36.9 Å². The summed E-state index contributed by atoms with van der Waals surface area (Å²) in [6, 6.07) is 1.15. The molecule has 5 aromatic rings. The summed E-state index contributed by atoms with van der Waals surface area (Å²) >= 11 is 0. The standard InChI is InChI=1S/C10H15N5.C8H12N2O.C7H11N3O.C6H10N4O.CH4/c1-7(2)15-6-12-8-5-11-10(14(3)4)13-9(8)15;1-6(2)10-5-8(4-9-10)7(3)11;1-5(2)10-4-7(6(3)11)8-9-10;1-4(2)10-3-8-6(9-10)5(7)11;/h5-7H,1-4H3;4-6H,1-3H3;4-5H,1-3H3;3-4H,1-2H3,(H2,7,11);1H4. The van der Waals surface area contributed by atoms with Gasteiger partial charge < -0.3 is 15.2 Å². The molecule has 2 N–H and O–H groups in total. The fourth-order valence-electron chi connectivity index (χ4n) is 3.54. The van der Waals surface area contributed by atoms with Gasteiger partial charge >= 0.3 is 0 Å². The zero-order valence-corrected chi connectivity index (χ0v) is 29.9. The number of primary amides is 1. The molecule has 268 valence electrons. The van der Waals surface area contributed by atoms with Crippen molar-refractivity contribution in [3.8, 4) is 0 Å². The van der Waals surface area contributed by atoms with Gasteiger partial charge in [0.25, 0.3) is 5.91 Å². The fourth-order valence-corrected chi connectivity index (χ4v) is 3.54. The second kappa shape index (κ2) is 18.8. The van der Waals surface area contributed by atoms with Crippen molar-refractivity contribution < 1.29 is 14.4 Å². The topological polar surface area (TPSA) is 203 Å². The first-order valence-corrected chi connectivity index (χ1v) is 15.5. The van der Waals surface area contributed by atoms with Gasteiger partial charge in [0.05, 0.1) is 30.5 Å². The van der Waals surface area contributed by atoms with Crippen molar-refractivity contribution in [2.75, 3.05) is 19.0 Å². The molecule has 0 aromatic carbocycles. The first-order valence-electron chi connectivity index (χ1n) is 15.5. The van der Waals surface area contributed by atoms with Crippen molar-refractivity contribution >= 4 is 34.6 Å². The molecule has 0 bridgehead atoms. The number of aromatic nitrogens is 12. The average molecular weight is 681 g/mol. The second-order valence-electron chi connectivity index (χ2n) is 12.1. The minimum absolute atomic E-state index is 0. The number of rotatable bonds is 8. The van der Waals surface area contributed by atoms with Crippen LogP contribution in [0, 0.1) is 0 Å². The van der Waals surface area contributed by atoms with Crippen LogP contribution >= 0.6 is 0 Å². The van der Waals surface area contributed by atoms with E-state index >= 15 is 0 Å². The number of nitrogens with zero attached hydrogens (tertiary/aromatic N) is 13. The summed E-state index contributed by atoms with van der Waals surface area (Å²) in [4.78, 5) is 50.7. The lowest BCUT2D eigenvalue weighted by Crippen LogP contribution is -2.14. The lowest BCUT2D eigenvalue weighted by Gasteiger charge is -2.11. The van der Waals surface area contributed by atoms with Crippen LogP contribution in [0.15, 0.2) is 37.4 Å². The summed E-state index contributed by atoms with van der Waals surface area (Å²) in [5.74, 6) is 0.210. The molecule has 0 unspecified atom stereocenters. The van der Waals surface area contributed by atoms with Crippen LogP contribution in [0.2, 0.25) is 0 Å². The second-order valence-corrected chi connectivity index (χ2v) is 12.1. The van der Waals surface area contributed by atoms with Gasteiger partial charge in [-0.2, -0.15) is 10.1 Å². The maximum Gasteiger partial charge on any atom is 0.288 e. The molecule has 17 heteroatoms. The molecule has 0 fully saturated rings. The van der Waals surface area contributed by atoms with Crippen molar-refractivity contribution in [3.05, 3.63) is 54.5 Å². The third-order valence-electron chi connectivity index (χ3n) is 6.45. The minimum Gasteiger partial charge on any atom is -0.363 e. The highest BCUT2D eigenvalue weighted by Gasteiger charge is 2.10. The van der Waals surface area contributed by atoms with E-state index < -0.39 is 5.91 Å². The molecule has 5 aromatic heterocycles. The number of hydrogen-bond donors (Lipinski definition) is 1. The number of carbonyl (C=O) groups is 3. The Morgan fingerprint density at radius 1 is 0.755 bits per heavy atom. The van der Waals surface area contributed by atoms with Crippen LogP contribution < -0.4 is 10.6 Å². The zero-order valence-electron chi connectivity index (χ0n) is 29.9. The van der Waals surface area contributed by atoms with Gasteiger partial charge in [0, 0.05) is 51.4 Å². The van der Waals surface area contributed by atoms with E-state index in [4.69, 9.17) is 5.73 Å². The SMILES string of the molecule is C.CC(=O)c1cn(C(C)C)nn1.CC(=O)c1cnn(C(C)C)c1.CC(C)n1cnc(C(N)=O)n1.CC(C)n1cnc2cnc(N(C)C)nc21. The Bertz CT molecular complexity index is 1640. The summed E-state index contributed by atoms with van der Waals surface area (Å²) in [6.07, 6.45) is 10.1. The van der Waals surface area contributed by atoms with Gasteiger partial charge in [-0.15, -0.1) is 10.2 Å². The predicted molar refractivity (Wildman–Crippen MR) is 189 cm³/mol. The fraction of sp³-hybridized carbons (Fsp3) is 0.531. The highest BCUT2D eigenvalue weighted by molar-refractivity contribution is 5.93. The zero-order chi connectivity index (χ0) is 36.3. The molecule has 0 aliphatic heterocycles. The third-order valence-corrected chi connectivity index (χ3v) is 6.45. The Balaban J connectivity index is 0.000000328. The number of Topliss-reactive ketones (excluding diaryl/α,β-unsaturated/α-hetero) is 2. The molecule has 49 heavy (non-hydrogen) atoms. The van der Waals surface area contributed by atoms with Crippen LogP contribution in [0.4, 0.5) is 5.95 Å². The van der Waals surface area contributed by atoms with Crippen molar-refractivity contribution in [2.24, 2.45) is 5.73 Å². The van der Waals surface area contributed by atoms with E-state index in [2.05, 4.69) is 54.3 Å². The molecule has 5 rings (SSSR count). The molecule has 0 spiro atoms. The summed E-state index contributed by atoms with van der Waals surface area (Å²) in [6.45, 7) is 19.2. The van der Waals surface area contributed by atoms with Gasteiger partial charge in [-0.3, -0.25) is 19.1 Å². The number of anilines is 1. The van der Waals surface area contributed by atoms with Crippen LogP contribution in [0.1, 0.15) is 132 Å². The molecule has 0 atom stereocenters. The first-order chi connectivity index (χ1) is 22.4. The number of ketones is 2. The molecule has 0 saturated carbocycles. The van der Waals surface area contributed by atoms with E-state index in [1.54, 1.807) is 45.8 Å². The molecule has 0 aliphatic rings. The van der Waals surface area contributed by atoms with Crippen molar-refractivity contribution in [3.63, 3.8) is 0 Å². The van der Waals surface area contributed by atoms with Crippen LogP contribution in [-0.2, 0) is 0 Å². The summed E-state index contributed by atoms with van der Waals surface area (Å²) in [5.41, 5.74) is 7.79. The van der Waals surface area contributed by atoms with Gasteiger partial charge in [0.1, 0.15) is 17.5 Å². The molecule has 0 radical (unpaired) electrons. The monoisotopic (exact) mass is 680 g/mol. The molecular formula is C32H52N14O3. The summed E-state index contributed by atoms with van der Waals surface area (Å²) < 4.78 is 7.07. The number of amides is 1.